The first-order valence-corrected chi connectivity index (χ1v) is 4.96. The SMILES string of the molecule is COC(=O)C1OC12COC(C(C)C)C2. The van der Waals surface area contributed by atoms with Gasteiger partial charge in [0.05, 0.1) is 19.8 Å². The van der Waals surface area contributed by atoms with Crippen molar-refractivity contribution in [2.24, 2.45) is 5.92 Å². The van der Waals surface area contributed by atoms with Gasteiger partial charge in [-0.3, -0.25) is 0 Å². The molecule has 0 N–H and O–H groups in total. The normalized spacial score (nSPS) is 40.6. The van der Waals surface area contributed by atoms with Crippen LogP contribution in [-0.2, 0) is 19.0 Å². The third-order valence-electron chi connectivity index (χ3n) is 3.02. The Bertz CT molecular complexity index is 251. The molecule has 3 atom stereocenters. The van der Waals surface area contributed by atoms with Gasteiger partial charge in [0.15, 0.2) is 6.10 Å². The average molecular weight is 200 g/mol. The lowest BCUT2D eigenvalue weighted by atomic mass is 9.96. The second-order valence-electron chi connectivity index (χ2n) is 4.38. The van der Waals surface area contributed by atoms with Crippen LogP contribution in [0.25, 0.3) is 0 Å². The van der Waals surface area contributed by atoms with E-state index in [4.69, 9.17) is 9.47 Å². The molecule has 0 bridgehead atoms. The number of carbonyl (C=O) groups excluding carboxylic acids is 1. The van der Waals surface area contributed by atoms with Crippen LogP contribution in [0.1, 0.15) is 20.3 Å². The summed E-state index contributed by atoms with van der Waals surface area (Å²) >= 11 is 0. The quantitative estimate of drug-likeness (QED) is 0.487. The second-order valence-corrected chi connectivity index (χ2v) is 4.38. The van der Waals surface area contributed by atoms with Crippen molar-refractivity contribution in [2.75, 3.05) is 13.7 Å². The van der Waals surface area contributed by atoms with Gasteiger partial charge in [-0.1, -0.05) is 13.8 Å². The number of hydrogen-bond acceptors (Lipinski definition) is 4. The molecular formula is C10H16O4. The van der Waals surface area contributed by atoms with Crippen molar-refractivity contribution >= 4 is 5.97 Å². The third kappa shape index (κ3) is 1.42. The number of methoxy groups -OCH3 is 1. The van der Waals surface area contributed by atoms with E-state index in [1.165, 1.54) is 7.11 Å². The zero-order chi connectivity index (χ0) is 10.3. The Kier molecular flexibility index (Phi) is 2.27. The minimum atomic E-state index is -0.392. The molecule has 3 unspecified atom stereocenters. The molecule has 0 aliphatic carbocycles. The zero-order valence-electron chi connectivity index (χ0n) is 8.78. The van der Waals surface area contributed by atoms with E-state index in [0.717, 1.165) is 6.42 Å². The number of hydrogen-bond donors (Lipinski definition) is 0. The molecule has 0 radical (unpaired) electrons. The van der Waals surface area contributed by atoms with Crippen LogP contribution in [0.5, 0.6) is 0 Å². The summed E-state index contributed by atoms with van der Waals surface area (Å²) in [5.41, 5.74) is -0.359. The lowest BCUT2D eigenvalue weighted by molar-refractivity contribution is -0.142. The van der Waals surface area contributed by atoms with Crippen LogP contribution in [0.3, 0.4) is 0 Å². The lowest BCUT2D eigenvalue weighted by Gasteiger charge is -2.11. The van der Waals surface area contributed by atoms with Crippen LogP contribution in [-0.4, -0.2) is 37.5 Å². The van der Waals surface area contributed by atoms with Gasteiger partial charge in [-0.15, -0.1) is 0 Å². The van der Waals surface area contributed by atoms with Crippen LogP contribution < -0.4 is 0 Å². The van der Waals surface area contributed by atoms with Crippen molar-refractivity contribution in [3.63, 3.8) is 0 Å². The molecule has 2 fully saturated rings. The number of rotatable bonds is 2. The standard InChI is InChI=1S/C10H16O4/c1-6(2)7-4-10(5-13-7)8(14-10)9(11)12-3/h6-8H,4-5H2,1-3H3. The van der Waals surface area contributed by atoms with Crippen molar-refractivity contribution in [3.05, 3.63) is 0 Å². The highest BCUT2D eigenvalue weighted by molar-refractivity contribution is 5.79. The second kappa shape index (κ2) is 3.21. The van der Waals surface area contributed by atoms with Gasteiger partial charge in [-0.25, -0.2) is 4.79 Å². The molecule has 1 spiro atoms. The molecule has 0 aromatic heterocycles. The highest BCUT2D eigenvalue weighted by Gasteiger charge is 2.65. The zero-order valence-corrected chi connectivity index (χ0v) is 8.78. The highest BCUT2D eigenvalue weighted by Crippen LogP contribution is 2.47. The molecule has 2 aliphatic rings. The van der Waals surface area contributed by atoms with E-state index in [-0.39, 0.29) is 17.7 Å². The molecule has 2 aliphatic heterocycles. The molecule has 4 heteroatoms. The smallest absolute Gasteiger partial charge is 0.338 e. The predicted octanol–water partition coefficient (Wildman–Crippen LogP) is 0.742. The van der Waals surface area contributed by atoms with Gasteiger partial charge in [-0.2, -0.15) is 0 Å². The largest absolute Gasteiger partial charge is 0.467 e. The number of carbonyl (C=O) groups is 1. The molecular weight excluding hydrogens is 184 g/mol. The summed E-state index contributed by atoms with van der Waals surface area (Å²) in [7, 11) is 1.38. The summed E-state index contributed by atoms with van der Waals surface area (Å²) in [5.74, 6) is 0.190. The maximum Gasteiger partial charge on any atom is 0.338 e. The molecule has 2 heterocycles. The maximum atomic E-state index is 11.2. The monoisotopic (exact) mass is 200 g/mol. The van der Waals surface area contributed by atoms with E-state index in [1.54, 1.807) is 0 Å². The summed E-state index contributed by atoms with van der Waals surface area (Å²) in [4.78, 5) is 11.2. The molecule has 4 nitrogen and oxygen atoms in total. The van der Waals surface area contributed by atoms with E-state index in [9.17, 15) is 4.79 Å². The van der Waals surface area contributed by atoms with Crippen LogP contribution in [0, 0.1) is 5.92 Å². The first kappa shape index (κ1) is 9.93. The van der Waals surface area contributed by atoms with Gasteiger partial charge in [0.2, 0.25) is 0 Å². The van der Waals surface area contributed by atoms with E-state index < -0.39 is 6.10 Å². The Balaban J connectivity index is 1.94. The van der Waals surface area contributed by atoms with Crippen molar-refractivity contribution in [2.45, 2.75) is 38.1 Å². The fraction of sp³-hybridized carbons (Fsp3) is 0.900. The Morgan fingerprint density at radius 2 is 2.29 bits per heavy atom. The molecule has 14 heavy (non-hydrogen) atoms. The Labute approximate surface area is 83.5 Å². The fourth-order valence-electron chi connectivity index (χ4n) is 1.97. The van der Waals surface area contributed by atoms with Crippen LogP contribution >= 0.6 is 0 Å². The molecule has 0 amide bonds. The molecule has 2 saturated heterocycles. The van der Waals surface area contributed by atoms with E-state index in [0.29, 0.717) is 12.5 Å². The van der Waals surface area contributed by atoms with Crippen LogP contribution in [0.15, 0.2) is 0 Å². The predicted molar refractivity (Wildman–Crippen MR) is 48.8 cm³/mol. The summed E-state index contributed by atoms with van der Waals surface area (Å²) in [5, 5.41) is 0. The Hall–Kier alpha value is -0.610. The third-order valence-corrected chi connectivity index (χ3v) is 3.02. The van der Waals surface area contributed by atoms with Crippen molar-refractivity contribution in [1.82, 2.24) is 0 Å². The van der Waals surface area contributed by atoms with Crippen LogP contribution in [0.4, 0.5) is 0 Å². The van der Waals surface area contributed by atoms with E-state index in [1.807, 2.05) is 0 Å². The topological polar surface area (TPSA) is 48.1 Å². The summed E-state index contributed by atoms with van der Waals surface area (Å²) in [6.45, 7) is 4.74. The highest BCUT2D eigenvalue weighted by atomic mass is 16.7. The molecule has 2 rings (SSSR count). The number of ether oxygens (including phenoxy) is 3. The maximum absolute atomic E-state index is 11.2. The minimum absolute atomic E-state index is 0.213. The molecule has 0 aromatic carbocycles. The fourth-order valence-corrected chi connectivity index (χ4v) is 1.97. The van der Waals surface area contributed by atoms with Gasteiger partial charge in [-0.05, 0) is 5.92 Å². The van der Waals surface area contributed by atoms with E-state index >= 15 is 0 Å². The number of epoxide rings is 1. The summed E-state index contributed by atoms with van der Waals surface area (Å²) < 4.78 is 15.6. The van der Waals surface area contributed by atoms with Crippen LogP contribution in [0.2, 0.25) is 0 Å². The van der Waals surface area contributed by atoms with Gasteiger partial charge in [0.25, 0.3) is 0 Å². The van der Waals surface area contributed by atoms with Gasteiger partial charge in [0.1, 0.15) is 5.60 Å². The van der Waals surface area contributed by atoms with Crippen molar-refractivity contribution in [3.8, 4) is 0 Å². The first-order valence-electron chi connectivity index (χ1n) is 4.96. The van der Waals surface area contributed by atoms with Gasteiger partial charge < -0.3 is 14.2 Å². The van der Waals surface area contributed by atoms with Gasteiger partial charge in [0, 0.05) is 6.42 Å². The first-order chi connectivity index (χ1) is 6.59. The van der Waals surface area contributed by atoms with Crippen molar-refractivity contribution in [1.29, 1.82) is 0 Å². The Morgan fingerprint density at radius 3 is 2.79 bits per heavy atom. The molecule has 80 valence electrons. The van der Waals surface area contributed by atoms with Gasteiger partial charge >= 0.3 is 5.97 Å². The minimum Gasteiger partial charge on any atom is -0.467 e. The lowest BCUT2D eigenvalue weighted by Crippen LogP contribution is -2.23. The number of esters is 1. The Morgan fingerprint density at radius 1 is 1.57 bits per heavy atom. The van der Waals surface area contributed by atoms with E-state index in [2.05, 4.69) is 18.6 Å². The molecule has 0 aromatic rings. The molecule has 0 saturated carbocycles. The van der Waals surface area contributed by atoms with Crippen molar-refractivity contribution < 1.29 is 19.0 Å². The average Bonchev–Trinajstić information content (AvgIpc) is 2.65. The summed E-state index contributed by atoms with van der Waals surface area (Å²) in [6, 6.07) is 0. The summed E-state index contributed by atoms with van der Waals surface area (Å²) in [6.07, 6.45) is 0.630.